The molecular weight excluding hydrogens is 568 g/mol. The molecule has 0 saturated carbocycles. The summed E-state index contributed by atoms with van der Waals surface area (Å²) < 4.78 is 38.9. The molecule has 0 amide bonds. The minimum atomic E-state index is -0.776. The maximum atomic E-state index is 12.9. The summed E-state index contributed by atoms with van der Waals surface area (Å²) in [4.78, 5) is 36.7. The van der Waals surface area contributed by atoms with Gasteiger partial charge in [-0.2, -0.15) is 0 Å². The van der Waals surface area contributed by atoms with E-state index in [0.717, 1.165) is 44.1 Å². The van der Waals surface area contributed by atoms with Gasteiger partial charge in [-0.25, -0.2) is 14.4 Å². The largest absolute Gasteiger partial charge is 0.513 e. The van der Waals surface area contributed by atoms with Gasteiger partial charge < -0.3 is 33.2 Å². The molecule has 1 saturated heterocycles. The van der Waals surface area contributed by atoms with Crippen molar-refractivity contribution in [2.24, 2.45) is 11.8 Å². The highest BCUT2D eigenvalue weighted by Gasteiger charge is 2.54. The molecule has 3 aliphatic rings. The van der Waals surface area contributed by atoms with Gasteiger partial charge in [0.1, 0.15) is 30.3 Å². The van der Waals surface area contributed by atoms with Gasteiger partial charge in [-0.3, -0.25) is 0 Å². The van der Waals surface area contributed by atoms with Crippen LogP contribution in [0, 0.1) is 11.8 Å². The summed E-state index contributed by atoms with van der Waals surface area (Å²) in [5.74, 6) is -0.458. The molecular formula is C34H44O10. The van der Waals surface area contributed by atoms with Gasteiger partial charge in [-0.15, -0.1) is 0 Å². The number of epoxide rings is 1. The number of esters is 1. The summed E-state index contributed by atoms with van der Waals surface area (Å²) in [5, 5.41) is 0. The molecule has 1 aliphatic heterocycles. The molecule has 1 heterocycles. The fourth-order valence-corrected chi connectivity index (χ4v) is 5.18. The second-order valence-corrected chi connectivity index (χ2v) is 11.5. The molecule has 0 N–H and O–H groups in total. The molecule has 4 rings (SSSR count). The normalized spacial score (nSPS) is 25.9. The fraction of sp³-hybridized carbons (Fsp3) is 0.559. The number of benzene rings is 1. The van der Waals surface area contributed by atoms with Crippen LogP contribution in [0.4, 0.5) is 9.59 Å². The van der Waals surface area contributed by atoms with Crippen molar-refractivity contribution in [1.82, 2.24) is 0 Å². The number of ether oxygens (including phenoxy) is 7. The highest BCUT2D eigenvalue weighted by molar-refractivity contribution is 5.90. The van der Waals surface area contributed by atoms with Crippen molar-refractivity contribution >= 4 is 18.3 Å². The molecule has 10 heteroatoms. The number of carbonyl (C=O) groups excluding carboxylic acids is 3. The van der Waals surface area contributed by atoms with E-state index < -0.39 is 30.2 Å². The van der Waals surface area contributed by atoms with Crippen LogP contribution in [-0.2, 0) is 28.4 Å². The Morgan fingerprint density at radius 2 is 1.61 bits per heavy atom. The topological polar surface area (TPSA) is 119 Å². The monoisotopic (exact) mass is 612 g/mol. The smallest absolute Gasteiger partial charge is 0.459 e. The lowest BCUT2D eigenvalue weighted by Crippen LogP contribution is -2.31. The average Bonchev–Trinajstić information content (AvgIpc) is 3.80. The van der Waals surface area contributed by atoms with Crippen LogP contribution in [0.2, 0.25) is 0 Å². The summed E-state index contributed by atoms with van der Waals surface area (Å²) in [7, 11) is 0. The summed E-state index contributed by atoms with van der Waals surface area (Å²) >= 11 is 0. The van der Waals surface area contributed by atoms with Gasteiger partial charge in [0.15, 0.2) is 0 Å². The van der Waals surface area contributed by atoms with Gasteiger partial charge >= 0.3 is 18.3 Å². The number of allylic oxidation sites excluding steroid dienone is 1. The number of hydrogen-bond acceptors (Lipinski definition) is 10. The van der Waals surface area contributed by atoms with Crippen molar-refractivity contribution < 1.29 is 47.5 Å². The van der Waals surface area contributed by atoms with E-state index in [4.69, 9.17) is 33.2 Å². The lowest BCUT2D eigenvalue weighted by Gasteiger charge is -2.29. The van der Waals surface area contributed by atoms with Crippen LogP contribution in [-0.4, -0.2) is 56.1 Å². The number of unbranched alkanes of at least 4 members (excludes halogenated alkanes) is 2. The lowest BCUT2D eigenvalue weighted by molar-refractivity contribution is -0.0315. The van der Waals surface area contributed by atoms with Crippen molar-refractivity contribution in [3.05, 3.63) is 65.5 Å². The van der Waals surface area contributed by atoms with E-state index in [1.807, 2.05) is 52.0 Å². The summed E-state index contributed by atoms with van der Waals surface area (Å²) in [6, 6.07) is 6.16. The molecule has 0 radical (unpaired) electrons. The van der Waals surface area contributed by atoms with E-state index in [1.165, 1.54) is 12.1 Å². The minimum absolute atomic E-state index is 0.00202. The molecule has 5 atom stereocenters. The highest BCUT2D eigenvalue weighted by atomic mass is 16.8. The Kier molecular flexibility index (Phi) is 11.9. The predicted molar refractivity (Wildman–Crippen MR) is 161 cm³/mol. The van der Waals surface area contributed by atoms with Crippen molar-refractivity contribution in [2.75, 3.05) is 19.8 Å². The Balaban J connectivity index is 1.29. The van der Waals surface area contributed by atoms with Crippen molar-refractivity contribution in [1.29, 1.82) is 0 Å². The van der Waals surface area contributed by atoms with E-state index in [1.54, 1.807) is 12.1 Å². The second-order valence-electron chi connectivity index (χ2n) is 11.5. The second kappa shape index (κ2) is 15.8. The molecule has 0 bridgehead atoms. The predicted octanol–water partition coefficient (Wildman–Crippen LogP) is 7.43. The quantitative estimate of drug-likeness (QED) is 0.0555. The zero-order valence-corrected chi connectivity index (χ0v) is 26.1. The van der Waals surface area contributed by atoms with E-state index in [0.29, 0.717) is 37.6 Å². The molecule has 240 valence electrons. The first-order valence-electron chi connectivity index (χ1n) is 15.6. The van der Waals surface area contributed by atoms with Crippen LogP contribution in [0.15, 0.2) is 59.9 Å². The van der Waals surface area contributed by atoms with Gasteiger partial charge in [0.2, 0.25) is 5.79 Å². The summed E-state index contributed by atoms with van der Waals surface area (Å²) in [6.45, 7) is 9.02. The summed E-state index contributed by atoms with van der Waals surface area (Å²) in [5.41, 5.74) is 1.19. The van der Waals surface area contributed by atoms with Gasteiger partial charge in [0.25, 0.3) is 0 Å². The van der Waals surface area contributed by atoms with Crippen molar-refractivity contribution in [3.63, 3.8) is 0 Å². The minimum Gasteiger partial charge on any atom is -0.459 e. The molecule has 2 aliphatic carbocycles. The third-order valence-corrected chi connectivity index (χ3v) is 7.78. The van der Waals surface area contributed by atoms with Gasteiger partial charge in [0.05, 0.1) is 18.8 Å². The van der Waals surface area contributed by atoms with Gasteiger partial charge in [-0.1, -0.05) is 39.7 Å². The van der Waals surface area contributed by atoms with Crippen molar-refractivity contribution in [2.45, 2.75) is 90.6 Å². The molecule has 0 aromatic heterocycles. The maximum Gasteiger partial charge on any atom is 0.513 e. The van der Waals surface area contributed by atoms with Gasteiger partial charge in [0, 0.05) is 11.8 Å². The molecule has 0 spiro atoms. The third-order valence-electron chi connectivity index (χ3n) is 7.78. The zero-order chi connectivity index (χ0) is 31.5. The Hall–Kier alpha value is -3.79. The number of carbonyl (C=O) groups is 3. The molecule has 1 aromatic rings. The first kappa shape index (κ1) is 33.1. The van der Waals surface area contributed by atoms with E-state index in [9.17, 15) is 14.4 Å². The van der Waals surface area contributed by atoms with Crippen LogP contribution >= 0.6 is 0 Å². The fourth-order valence-electron chi connectivity index (χ4n) is 5.18. The van der Waals surface area contributed by atoms with Crippen molar-refractivity contribution in [3.8, 4) is 5.75 Å². The first-order valence-corrected chi connectivity index (χ1v) is 15.6. The SMILES string of the molecule is CCCCOC(=O)Oc1ccc(C(=O)OC2C(C)=CC(OC3(C4C=CC(OC(=O)OCCCC)CCC4)CO3)=CC2C)cc1. The average molecular weight is 613 g/mol. The van der Waals surface area contributed by atoms with Crippen LogP contribution in [0.25, 0.3) is 0 Å². The highest BCUT2D eigenvalue weighted by Crippen LogP contribution is 2.44. The summed E-state index contributed by atoms with van der Waals surface area (Å²) in [6.07, 6.45) is 11.3. The van der Waals surface area contributed by atoms with Gasteiger partial charge in [-0.05, 0) is 87.1 Å². The number of hydrogen-bond donors (Lipinski definition) is 0. The maximum absolute atomic E-state index is 12.9. The number of rotatable bonds is 13. The first-order chi connectivity index (χ1) is 21.2. The van der Waals surface area contributed by atoms with Crippen LogP contribution < -0.4 is 4.74 Å². The van der Waals surface area contributed by atoms with E-state index >= 15 is 0 Å². The molecule has 1 fully saturated rings. The lowest BCUT2D eigenvalue weighted by atomic mass is 9.92. The molecule has 1 aromatic carbocycles. The standard InChI is InChI=1S/C34H44O10/c1-5-7-18-38-32(36)41-27-11-9-10-26(14-17-27)34(22-40-34)44-29-20-23(3)30(24(4)21-29)43-31(35)25-12-15-28(16-13-25)42-33(37)39-19-8-6-2/h12-17,20-21,23,26-27,30H,5-11,18-19,22H2,1-4H3. The van der Waals surface area contributed by atoms with Crippen LogP contribution in [0.3, 0.4) is 0 Å². The molecule has 44 heavy (non-hydrogen) atoms. The van der Waals surface area contributed by atoms with Crippen LogP contribution in [0.1, 0.15) is 83.0 Å². The Bertz CT molecular complexity index is 1230. The van der Waals surface area contributed by atoms with E-state index in [-0.39, 0.29) is 23.7 Å². The third kappa shape index (κ3) is 9.35. The zero-order valence-electron chi connectivity index (χ0n) is 26.1. The molecule has 5 unspecified atom stereocenters. The van der Waals surface area contributed by atoms with E-state index in [2.05, 4.69) is 0 Å². The molecule has 10 nitrogen and oxygen atoms in total. The van der Waals surface area contributed by atoms with Crippen LogP contribution in [0.5, 0.6) is 5.75 Å². The Labute approximate surface area is 259 Å². The Morgan fingerprint density at radius 1 is 0.932 bits per heavy atom. The Morgan fingerprint density at radius 3 is 2.25 bits per heavy atom.